The van der Waals surface area contributed by atoms with Crippen molar-refractivity contribution in [2.45, 2.75) is 25.4 Å². The number of hydrogen-bond donors (Lipinski definition) is 2. The summed E-state index contributed by atoms with van der Waals surface area (Å²) in [7, 11) is 1.96. The molecule has 1 aliphatic carbocycles. The van der Waals surface area contributed by atoms with Gasteiger partial charge >= 0.3 is 0 Å². The molecule has 2 aromatic heterocycles. The first kappa shape index (κ1) is 13.4. The molecular formula is C13H16N4OS2. The first-order chi connectivity index (χ1) is 9.65. The Balaban J connectivity index is 1.79. The van der Waals surface area contributed by atoms with Crippen LogP contribution in [-0.2, 0) is 6.54 Å². The standard InChI is InChI=1S/C13H16N4OS2/c1-17(6-8-4-5-19-7-8)13-10(11(14)16-20-13)12(18)15-9-2-3-9/h4-5,7,9H,2-3,6H2,1H3,(H2,14,16)(H,15,18). The molecule has 106 valence electrons. The highest BCUT2D eigenvalue weighted by molar-refractivity contribution is 7.11. The summed E-state index contributed by atoms with van der Waals surface area (Å²) >= 11 is 2.94. The maximum atomic E-state index is 12.3. The van der Waals surface area contributed by atoms with Crippen molar-refractivity contribution in [1.82, 2.24) is 9.69 Å². The van der Waals surface area contributed by atoms with Gasteiger partial charge in [-0.1, -0.05) is 0 Å². The molecule has 5 nitrogen and oxygen atoms in total. The van der Waals surface area contributed by atoms with E-state index in [1.807, 2.05) is 17.3 Å². The fourth-order valence-corrected chi connectivity index (χ4v) is 3.41. The summed E-state index contributed by atoms with van der Waals surface area (Å²) in [6.07, 6.45) is 2.12. The molecule has 1 fully saturated rings. The second-order valence-electron chi connectivity index (χ2n) is 4.98. The van der Waals surface area contributed by atoms with Crippen molar-refractivity contribution >= 4 is 39.6 Å². The highest BCUT2D eigenvalue weighted by atomic mass is 32.1. The lowest BCUT2D eigenvalue weighted by Gasteiger charge is -2.17. The first-order valence-electron chi connectivity index (χ1n) is 6.43. The zero-order valence-electron chi connectivity index (χ0n) is 11.1. The number of nitrogens with one attached hydrogen (secondary N) is 1. The molecular weight excluding hydrogens is 292 g/mol. The molecule has 0 spiro atoms. The lowest BCUT2D eigenvalue weighted by atomic mass is 10.2. The number of anilines is 2. The smallest absolute Gasteiger partial charge is 0.258 e. The number of rotatable bonds is 5. The Bertz CT molecular complexity index is 604. The molecule has 0 saturated heterocycles. The van der Waals surface area contributed by atoms with E-state index >= 15 is 0 Å². The predicted octanol–water partition coefficient (Wildman–Crippen LogP) is 2.32. The van der Waals surface area contributed by atoms with Crippen molar-refractivity contribution < 1.29 is 4.79 Å². The fraction of sp³-hybridized carbons (Fsp3) is 0.385. The molecule has 7 heteroatoms. The van der Waals surface area contributed by atoms with Crippen LogP contribution in [0.2, 0.25) is 0 Å². The molecule has 0 aliphatic heterocycles. The van der Waals surface area contributed by atoms with Gasteiger partial charge in [0.2, 0.25) is 0 Å². The van der Waals surface area contributed by atoms with Crippen molar-refractivity contribution in [2.75, 3.05) is 17.7 Å². The molecule has 2 heterocycles. The highest BCUT2D eigenvalue weighted by Crippen LogP contribution is 2.32. The number of thiophene rings is 1. The number of hydrogen-bond acceptors (Lipinski definition) is 6. The minimum atomic E-state index is -0.106. The van der Waals surface area contributed by atoms with Gasteiger partial charge in [-0.15, -0.1) is 0 Å². The van der Waals surface area contributed by atoms with Gasteiger partial charge in [-0.3, -0.25) is 4.79 Å². The zero-order valence-corrected chi connectivity index (χ0v) is 12.8. The molecule has 0 radical (unpaired) electrons. The molecule has 3 N–H and O–H groups in total. The minimum Gasteiger partial charge on any atom is -0.382 e. The molecule has 1 saturated carbocycles. The Morgan fingerprint density at radius 1 is 1.60 bits per heavy atom. The SMILES string of the molecule is CN(Cc1ccsc1)c1snc(N)c1C(=O)NC1CC1. The molecule has 2 aromatic rings. The average molecular weight is 308 g/mol. The van der Waals surface area contributed by atoms with Gasteiger partial charge in [-0.05, 0) is 46.8 Å². The van der Waals surface area contributed by atoms with E-state index in [1.165, 1.54) is 17.1 Å². The Labute approximate surface area is 125 Å². The van der Waals surface area contributed by atoms with E-state index in [4.69, 9.17) is 5.73 Å². The number of nitrogens with zero attached hydrogens (tertiary/aromatic N) is 2. The molecule has 3 rings (SSSR count). The molecule has 1 aliphatic rings. The molecule has 0 atom stereocenters. The van der Waals surface area contributed by atoms with E-state index in [-0.39, 0.29) is 5.91 Å². The topological polar surface area (TPSA) is 71.2 Å². The van der Waals surface area contributed by atoms with E-state index < -0.39 is 0 Å². The minimum absolute atomic E-state index is 0.106. The number of amides is 1. The molecule has 0 unspecified atom stereocenters. The van der Waals surface area contributed by atoms with Crippen molar-refractivity contribution in [3.05, 3.63) is 28.0 Å². The first-order valence-corrected chi connectivity index (χ1v) is 8.15. The van der Waals surface area contributed by atoms with E-state index in [0.29, 0.717) is 17.4 Å². The van der Waals surface area contributed by atoms with Crippen LogP contribution in [0, 0.1) is 0 Å². The van der Waals surface area contributed by atoms with E-state index in [0.717, 1.165) is 24.4 Å². The summed E-state index contributed by atoms with van der Waals surface area (Å²) in [5.41, 5.74) is 7.60. The van der Waals surface area contributed by atoms with Crippen LogP contribution < -0.4 is 16.0 Å². The van der Waals surface area contributed by atoms with Gasteiger partial charge < -0.3 is 16.0 Å². The van der Waals surface area contributed by atoms with Gasteiger partial charge in [-0.2, -0.15) is 15.7 Å². The number of nitrogen functional groups attached to an aromatic ring is 1. The monoisotopic (exact) mass is 308 g/mol. The highest BCUT2D eigenvalue weighted by Gasteiger charge is 2.28. The summed E-state index contributed by atoms with van der Waals surface area (Å²) in [5.74, 6) is 0.214. The van der Waals surface area contributed by atoms with Crippen LogP contribution in [0.15, 0.2) is 16.8 Å². The third-order valence-corrected chi connectivity index (χ3v) is 4.90. The number of carbonyl (C=O) groups excluding carboxylic acids is 1. The van der Waals surface area contributed by atoms with Gasteiger partial charge in [0.1, 0.15) is 10.6 Å². The van der Waals surface area contributed by atoms with Crippen molar-refractivity contribution in [2.24, 2.45) is 0 Å². The van der Waals surface area contributed by atoms with Gasteiger partial charge in [0.05, 0.1) is 0 Å². The molecule has 0 bridgehead atoms. The summed E-state index contributed by atoms with van der Waals surface area (Å²) in [6, 6.07) is 2.40. The largest absolute Gasteiger partial charge is 0.382 e. The van der Waals surface area contributed by atoms with Crippen LogP contribution in [-0.4, -0.2) is 23.4 Å². The third kappa shape index (κ3) is 2.78. The van der Waals surface area contributed by atoms with Crippen LogP contribution in [0.4, 0.5) is 10.8 Å². The number of aromatic nitrogens is 1. The Morgan fingerprint density at radius 3 is 3.05 bits per heavy atom. The predicted molar refractivity (Wildman–Crippen MR) is 83.4 cm³/mol. The van der Waals surface area contributed by atoms with Crippen LogP contribution in [0.5, 0.6) is 0 Å². The normalized spacial score (nSPS) is 14.2. The van der Waals surface area contributed by atoms with Crippen LogP contribution in [0.3, 0.4) is 0 Å². The quantitative estimate of drug-likeness (QED) is 0.889. The second-order valence-corrected chi connectivity index (χ2v) is 6.52. The van der Waals surface area contributed by atoms with Gasteiger partial charge in [0.25, 0.3) is 5.91 Å². The lowest BCUT2D eigenvalue weighted by molar-refractivity contribution is 0.0952. The third-order valence-electron chi connectivity index (χ3n) is 3.19. The fourth-order valence-electron chi connectivity index (χ4n) is 1.98. The van der Waals surface area contributed by atoms with Crippen molar-refractivity contribution in [3.8, 4) is 0 Å². The van der Waals surface area contributed by atoms with Gasteiger partial charge in [-0.25, -0.2) is 0 Å². The summed E-state index contributed by atoms with van der Waals surface area (Å²) in [4.78, 5) is 14.3. The number of nitrogens with two attached hydrogens (primary N) is 1. The molecule has 20 heavy (non-hydrogen) atoms. The van der Waals surface area contributed by atoms with Crippen LogP contribution in [0.25, 0.3) is 0 Å². The maximum absolute atomic E-state index is 12.3. The van der Waals surface area contributed by atoms with Crippen molar-refractivity contribution in [1.29, 1.82) is 0 Å². The van der Waals surface area contributed by atoms with E-state index in [2.05, 4.69) is 21.1 Å². The molecule has 0 aromatic carbocycles. The molecule has 1 amide bonds. The van der Waals surface area contributed by atoms with E-state index in [9.17, 15) is 4.79 Å². The number of carbonyl (C=O) groups is 1. The summed E-state index contributed by atoms with van der Waals surface area (Å²) < 4.78 is 4.14. The summed E-state index contributed by atoms with van der Waals surface area (Å²) in [6.45, 7) is 0.745. The Morgan fingerprint density at radius 2 is 2.40 bits per heavy atom. The Kier molecular flexibility index (Phi) is 3.62. The van der Waals surface area contributed by atoms with Gasteiger partial charge in [0, 0.05) is 19.6 Å². The average Bonchev–Trinajstić information content (AvgIpc) is 2.91. The Hall–Kier alpha value is -1.60. The second kappa shape index (κ2) is 5.41. The zero-order chi connectivity index (χ0) is 14.1. The summed E-state index contributed by atoms with van der Waals surface area (Å²) in [5, 5.41) is 7.95. The lowest BCUT2D eigenvalue weighted by Crippen LogP contribution is -2.28. The van der Waals surface area contributed by atoms with E-state index in [1.54, 1.807) is 11.3 Å². The van der Waals surface area contributed by atoms with Gasteiger partial charge in [0.15, 0.2) is 5.82 Å². The maximum Gasteiger partial charge on any atom is 0.258 e. The van der Waals surface area contributed by atoms with Crippen LogP contribution >= 0.6 is 22.9 Å². The van der Waals surface area contributed by atoms with Crippen molar-refractivity contribution in [3.63, 3.8) is 0 Å². The van der Waals surface area contributed by atoms with Crippen LogP contribution in [0.1, 0.15) is 28.8 Å².